The van der Waals surface area contributed by atoms with Gasteiger partial charge in [-0.1, -0.05) is 24.3 Å². The molecule has 0 amide bonds. The number of hydrogen-bond donors (Lipinski definition) is 4. The number of ether oxygens (including phenoxy) is 1. The van der Waals surface area contributed by atoms with Gasteiger partial charge >= 0.3 is 11.3 Å². The van der Waals surface area contributed by atoms with Crippen molar-refractivity contribution in [3.05, 3.63) is 138 Å². The van der Waals surface area contributed by atoms with Crippen molar-refractivity contribution >= 4 is 53.7 Å². The quantitative estimate of drug-likeness (QED) is 0.105. The summed E-state index contributed by atoms with van der Waals surface area (Å²) in [5.74, 6) is -5.15. The second-order valence-electron chi connectivity index (χ2n) is 11.9. The number of anilines is 2. The van der Waals surface area contributed by atoms with Crippen molar-refractivity contribution in [1.29, 1.82) is 0 Å². The molecule has 0 unspecified atom stereocenters. The summed E-state index contributed by atoms with van der Waals surface area (Å²) in [5, 5.41) is 10.1. The Hall–Kier alpha value is -5.76. The van der Waals surface area contributed by atoms with Crippen LogP contribution in [0.25, 0.3) is 21.9 Å². The lowest BCUT2D eigenvalue weighted by Crippen LogP contribution is -2.22. The molecule has 0 bridgehead atoms. The van der Waals surface area contributed by atoms with Crippen LogP contribution in [0.1, 0.15) is 33.4 Å². The Morgan fingerprint density at radius 1 is 0.642 bits per heavy atom. The molecule has 2 aromatic heterocycles. The monoisotopic (exact) mass is 774 g/mol. The first-order valence-electron chi connectivity index (χ1n) is 15.1. The number of fused-ring (bicyclic) bond motifs is 2. The Balaban J connectivity index is 1.31. The van der Waals surface area contributed by atoms with E-state index < -0.39 is 77.8 Å². The van der Waals surface area contributed by atoms with E-state index in [0.29, 0.717) is 0 Å². The number of benzene rings is 4. The summed E-state index contributed by atoms with van der Waals surface area (Å²) in [4.78, 5) is 26.1. The average Bonchev–Trinajstić information content (AvgIpc) is 3.05. The topological polar surface area (TPSA) is 214 Å². The highest BCUT2D eigenvalue weighted by atomic mass is 32.2. The van der Waals surface area contributed by atoms with Crippen molar-refractivity contribution < 1.29 is 48.0 Å². The molecule has 6 rings (SSSR count). The van der Waals surface area contributed by atoms with Crippen LogP contribution >= 0.6 is 0 Å². The predicted octanol–water partition coefficient (Wildman–Crippen LogP) is 5.28. The normalized spacial score (nSPS) is 12.0. The molecule has 0 fully saturated rings. The second kappa shape index (κ2) is 13.7. The molecule has 4 aromatic carbocycles. The third kappa shape index (κ3) is 7.72. The minimum absolute atomic E-state index is 0.0572. The van der Waals surface area contributed by atoms with E-state index in [9.17, 15) is 26.4 Å². The Morgan fingerprint density at radius 3 is 1.38 bits per heavy atom. The lowest BCUT2D eigenvalue weighted by molar-refractivity contribution is 0.413. The fourth-order valence-electron chi connectivity index (χ4n) is 5.74. The number of aryl methyl sites for hydroxylation is 2. The molecule has 0 atom stereocenters. The van der Waals surface area contributed by atoms with Crippen molar-refractivity contribution in [1.82, 2.24) is 0 Å². The van der Waals surface area contributed by atoms with Crippen LogP contribution in [0.5, 0.6) is 11.5 Å². The first-order chi connectivity index (χ1) is 24.8. The number of nitrogens with one attached hydrogen (secondary N) is 2. The van der Waals surface area contributed by atoms with E-state index in [-0.39, 0.29) is 68.2 Å². The molecule has 0 aliphatic heterocycles. The van der Waals surface area contributed by atoms with Crippen molar-refractivity contribution in [2.24, 2.45) is 10.3 Å². The van der Waals surface area contributed by atoms with Gasteiger partial charge in [0.25, 0.3) is 20.4 Å². The van der Waals surface area contributed by atoms with Crippen LogP contribution in [-0.2, 0) is 33.3 Å². The molecule has 0 aliphatic rings. The van der Waals surface area contributed by atoms with Crippen LogP contribution in [0.15, 0.2) is 79.1 Å². The fourth-order valence-corrected chi connectivity index (χ4v) is 6.67. The molecule has 0 radical (unpaired) electrons. The van der Waals surface area contributed by atoms with E-state index in [1.165, 1.54) is 38.1 Å². The molecule has 0 aliphatic carbocycles. The van der Waals surface area contributed by atoms with Crippen LogP contribution in [0.3, 0.4) is 0 Å². The van der Waals surface area contributed by atoms with Gasteiger partial charge in [-0.15, -0.1) is 0 Å². The molecule has 0 saturated carbocycles. The van der Waals surface area contributed by atoms with Gasteiger partial charge in [-0.25, -0.2) is 37.4 Å². The highest BCUT2D eigenvalue weighted by molar-refractivity contribution is 7.90. The lowest BCUT2D eigenvalue weighted by atomic mass is 9.98. The number of rotatable bonds is 10. The molecular formula is C34H26F4N4O9S2. The molecular weight excluding hydrogens is 749 g/mol. The van der Waals surface area contributed by atoms with Gasteiger partial charge in [-0.3, -0.25) is 9.44 Å². The average molecular weight is 775 g/mol. The van der Waals surface area contributed by atoms with Gasteiger partial charge < -0.3 is 13.6 Å². The smallest absolute Gasteiger partial charge is 0.340 e. The molecule has 19 heteroatoms. The maximum Gasteiger partial charge on any atom is 0.340 e. The lowest BCUT2D eigenvalue weighted by Gasteiger charge is -2.14. The number of halogens is 4. The highest BCUT2D eigenvalue weighted by Crippen LogP contribution is 2.35. The molecule has 53 heavy (non-hydrogen) atoms. The van der Waals surface area contributed by atoms with Crippen molar-refractivity contribution in [3.8, 4) is 11.5 Å². The van der Waals surface area contributed by atoms with Gasteiger partial charge in [-0.2, -0.15) is 16.8 Å². The van der Waals surface area contributed by atoms with E-state index in [4.69, 9.17) is 23.8 Å². The zero-order valence-electron chi connectivity index (χ0n) is 27.3. The van der Waals surface area contributed by atoms with Crippen LogP contribution in [-0.4, -0.2) is 16.8 Å². The summed E-state index contributed by atoms with van der Waals surface area (Å²) in [6, 6.07) is 11.5. The van der Waals surface area contributed by atoms with Gasteiger partial charge in [0.05, 0.1) is 11.4 Å². The summed E-state index contributed by atoms with van der Waals surface area (Å²) < 4.78 is 127. The van der Waals surface area contributed by atoms with E-state index in [1.54, 1.807) is 0 Å². The standard InChI is InChI=1S/C34H26F4N4O9S2/c1-15-19-11-23(35)29(13-27(19)50-33(43)21(15)9-17-5-3-7-25(31(17)37)41-52(39,45)46)49-30-14-28-20(12-24(30)36)16(2)22(34(44)51-28)10-18-6-4-8-26(32(18)38)42-53(40,47)48/h3-8,11-14,41-42H,9-10H2,1-2H3,(H2,39,45,46)(H2,40,47,48). The van der Waals surface area contributed by atoms with Crippen molar-refractivity contribution in [2.45, 2.75) is 26.7 Å². The number of hydrogen-bond acceptors (Lipinski definition) is 9. The van der Waals surface area contributed by atoms with Gasteiger partial charge in [0.15, 0.2) is 34.8 Å². The summed E-state index contributed by atoms with van der Waals surface area (Å²) in [6.45, 7) is 2.93. The fraction of sp³-hybridized carbons (Fsp3) is 0.118. The zero-order valence-corrected chi connectivity index (χ0v) is 29.0. The molecule has 6 N–H and O–H groups in total. The maximum atomic E-state index is 15.5. The van der Waals surface area contributed by atoms with Crippen LogP contribution < -0.4 is 35.7 Å². The predicted molar refractivity (Wildman–Crippen MR) is 186 cm³/mol. The molecule has 13 nitrogen and oxygen atoms in total. The van der Waals surface area contributed by atoms with Gasteiger partial charge in [0.1, 0.15) is 11.2 Å². The third-order valence-corrected chi connectivity index (χ3v) is 9.30. The summed E-state index contributed by atoms with van der Waals surface area (Å²) in [7, 11) is -8.60. The molecule has 276 valence electrons. The largest absolute Gasteiger partial charge is 0.451 e. The Morgan fingerprint density at radius 2 is 1.02 bits per heavy atom. The Kier molecular flexibility index (Phi) is 9.54. The maximum absolute atomic E-state index is 15.5. The highest BCUT2D eigenvalue weighted by Gasteiger charge is 2.22. The van der Waals surface area contributed by atoms with Gasteiger partial charge in [0.2, 0.25) is 0 Å². The Labute approximate surface area is 297 Å². The molecule has 2 heterocycles. The van der Waals surface area contributed by atoms with E-state index in [1.807, 2.05) is 9.44 Å². The second-order valence-corrected chi connectivity index (χ2v) is 14.4. The first kappa shape index (κ1) is 37.0. The van der Waals surface area contributed by atoms with Crippen LogP contribution in [0.2, 0.25) is 0 Å². The van der Waals surface area contributed by atoms with Crippen LogP contribution in [0.4, 0.5) is 28.9 Å². The SMILES string of the molecule is Cc1c(Cc2cccc(NS(N)(=O)=O)c2F)c(=O)oc2cc(Oc3cc4oc(=O)c(Cc5cccc(NS(N)(=O)=O)c5F)c(C)c4cc3F)c(F)cc12. The van der Waals surface area contributed by atoms with Gasteiger partial charge in [-0.05, 0) is 60.4 Å². The molecule has 6 aromatic rings. The van der Waals surface area contributed by atoms with Crippen molar-refractivity contribution in [3.63, 3.8) is 0 Å². The summed E-state index contributed by atoms with van der Waals surface area (Å²) in [5.41, 5.74) is -2.94. The third-order valence-electron chi connectivity index (χ3n) is 8.30. The van der Waals surface area contributed by atoms with E-state index >= 15 is 17.6 Å². The summed E-state index contributed by atoms with van der Waals surface area (Å²) >= 11 is 0. The zero-order chi connectivity index (χ0) is 38.6. The summed E-state index contributed by atoms with van der Waals surface area (Å²) in [6.07, 6.45) is -0.719. The van der Waals surface area contributed by atoms with E-state index in [0.717, 1.165) is 36.4 Å². The molecule has 0 saturated heterocycles. The Bertz CT molecular complexity index is 2650. The van der Waals surface area contributed by atoms with E-state index in [2.05, 4.69) is 0 Å². The van der Waals surface area contributed by atoms with Crippen LogP contribution in [0, 0.1) is 37.1 Å². The minimum Gasteiger partial charge on any atom is -0.451 e. The van der Waals surface area contributed by atoms with Crippen molar-refractivity contribution in [2.75, 3.05) is 9.44 Å². The first-order valence-corrected chi connectivity index (χ1v) is 18.2. The van der Waals surface area contributed by atoms with Gasteiger partial charge in [0, 0.05) is 46.9 Å². The number of nitrogens with two attached hydrogens (primary N) is 2. The molecule has 0 spiro atoms. The minimum atomic E-state index is -4.30.